The van der Waals surface area contributed by atoms with E-state index in [1.54, 1.807) is 0 Å². The Balaban J connectivity index is 1.86. The smallest absolute Gasteiger partial charge is 0.265 e. The van der Waals surface area contributed by atoms with Crippen molar-refractivity contribution in [3.05, 3.63) is 0 Å². The van der Waals surface area contributed by atoms with Gasteiger partial charge in [-0.2, -0.15) is 0 Å². The Hall–Kier alpha value is -0.750. The normalized spacial score (nSPS) is 27.6. The van der Waals surface area contributed by atoms with E-state index in [0.29, 0.717) is 12.6 Å². The fourth-order valence-corrected chi connectivity index (χ4v) is 2.12. The lowest BCUT2D eigenvalue weighted by Crippen LogP contribution is -2.53. The van der Waals surface area contributed by atoms with Gasteiger partial charge in [0.1, 0.15) is 6.10 Å². The van der Waals surface area contributed by atoms with Gasteiger partial charge < -0.3 is 15.3 Å². The van der Waals surface area contributed by atoms with Crippen molar-refractivity contribution in [1.29, 1.82) is 0 Å². The van der Waals surface area contributed by atoms with Crippen LogP contribution in [-0.2, 0) is 4.79 Å². The van der Waals surface area contributed by atoms with E-state index in [0.717, 1.165) is 25.7 Å². The number of aliphatic hydroxyl groups excluding tert-OH is 1. The molecule has 2 aliphatic rings. The highest BCUT2D eigenvalue weighted by Gasteiger charge is 2.34. The lowest BCUT2D eigenvalue weighted by atomic mass is 10.0. The quantitative estimate of drug-likeness (QED) is 0.738. The first kappa shape index (κ1) is 12.7. The van der Waals surface area contributed by atoms with E-state index in [9.17, 15) is 13.6 Å². The standard InChI is InChI=1S/C11H18F2N2O2/c12-10(13)9(16)6-15-5-1-2-8(11(15)17)14-7-3-4-7/h7-10,14,16H,1-6H2. The lowest BCUT2D eigenvalue weighted by Gasteiger charge is -2.33. The van der Waals surface area contributed by atoms with Crippen LogP contribution in [-0.4, -0.2) is 53.6 Å². The van der Waals surface area contributed by atoms with E-state index < -0.39 is 12.5 Å². The fourth-order valence-electron chi connectivity index (χ4n) is 2.12. The number of nitrogens with one attached hydrogen (secondary N) is 1. The minimum Gasteiger partial charge on any atom is -0.385 e. The zero-order valence-corrected chi connectivity index (χ0v) is 9.61. The zero-order valence-electron chi connectivity index (χ0n) is 9.61. The van der Waals surface area contributed by atoms with Gasteiger partial charge in [-0.25, -0.2) is 8.78 Å². The molecule has 0 aromatic rings. The third-order valence-corrected chi connectivity index (χ3v) is 3.24. The molecule has 2 fully saturated rings. The monoisotopic (exact) mass is 248 g/mol. The van der Waals surface area contributed by atoms with Gasteiger partial charge in [0.2, 0.25) is 5.91 Å². The van der Waals surface area contributed by atoms with E-state index in [1.807, 2.05) is 0 Å². The van der Waals surface area contributed by atoms with Crippen molar-refractivity contribution in [2.24, 2.45) is 0 Å². The van der Waals surface area contributed by atoms with Crippen LogP contribution in [0.2, 0.25) is 0 Å². The Morgan fingerprint density at radius 2 is 2.12 bits per heavy atom. The summed E-state index contributed by atoms with van der Waals surface area (Å²) in [5, 5.41) is 12.3. The van der Waals surface area contributed by atoms with Crippen molar-refractivity contribution in [3.8, 4) is 0 Å². The first-order valence-electron chi connectivity index (χ1n) is 6.09. The van der Waals surface area contributed by atoms with Crippen LogP contribution in [0.3, 0.4) is 0 Å². The van der Waals surface area contributed by atoms with Crippen LogP contribution in [0, 0.1) is 0 Å². The highest BCUT2D eigenvalue weighted by molar-refractivity contribution is 5.82. The second kappa shape index (κ2) is 5.27. The molecule has 1 amide bonds. The SMILES string of the molecule is O=C1C(NC2CC2)CCCN1CC(O)C(F)F. The van der Waals surface area contributed by atoms with Gasteiger partial charge in [-0.1, -0.05) is 0 Å². The average molecular weight is 248 g/mol. The van der Waals surface area contributed by atoms with Crippen LogP contribution in [0.1, 0.15) is 25.7 Å². The van der Waals surface area contributed by atoms with Crippen LogP contribution in [0.4, 0.5) is 8.78 Å². The van der Waals surface area contributed by atoms with Gasteiger partial charge in [-0.15, -0.1) is 0 Å². The van der Waals surface area contributed by atoms with Crippen LogP contribution < -0.4 is 5.32 Å². The number of likely N-dealkylation sites (tertiary alicyclic amines) is 1. The number of rotatable bonds is 5. The second-order valence-electron chi connectivity index (χ2n) is 4.82. The first-order chi connectivity index (χ1) is 8.08. The molecule has 1 saturated heterocycles. The van der Waals surface area contributed by atoms with Gasteiger partial charge in [-0.05, 0) is 25.7 Å². The molecule has 0 aromatic carbocycles. The topological polar surface area (TPSA) is 52.6 Å². The van der Waals surface area contributed by atoms with Crippen LogP contribution in [0.5, 0.6) is 0 Å². The molecular formula is C11H18F2N2O2. The minimum atomic E-state index is -2.79. The number of hydrogen-bond donors (Lipinski definition) is 2. The van der Waals surface area contributed by atoms with E-state index >= 15 is 0 Å². The number of alkyl halides is 2. The Kier molecular flexibility index (Phi) is 3.93. The molecule has 0 spiro atoms. The molecule has 17 heavy (non-hydrogen) atoms. The molecule has 1 aliphatic carbocycles. The maximum absolute atomic E-state index is 12.2. The largest absolute Gasteiger partial charge is 0.385 e. The van der Waals surface area contributed by atoms with Crippen LogP contribution in [0.15, 0.2) is 0 Å². The highest BCUT2D eigenvalue weighted by Crippen LogP contribution is 2.22. The van der Waals surface area contributed by atoms with Gasteiger partial charge in [-0.3, -0.25) is 4.79 Å². The Bertz CT molecular complexity index is 285. The molecule has 2 atom stereocenters. The predicted molar refractivity (Wildman–Crippen MR) is 57.8 cm³/mol. The van der Waals surface area contributed by atoms with Gasteiger partial charge >= 0.3 is 0 Å². The van der Waals surface area contributed by atoms with Crippen LogP contribution >= 0.6 is 0 Å². The number of aliphatic hydroxyl groups is 1. The summed E-state index contributed by atoms with van der Waals surface area (Å²) in [7, 11) is 0. The molecule has 2 unspecified atom stereocenters. The Morgan fingerprint density at radius 1 is 1.41 bits per heavy atom. The molecule has 0 aromatic heterocycles. The minimum absolute atomic E-state index is 0.150. The van der Waals surface area contributed by atoms with Crippen molar-refractivity contribution >= 4 is 5.91 Å². The number of amides is 1. The van der Waals surface area contributed by atoms with Crippen molar-refractivity contribution in [2.45, 2.75) is 50.3 Å². The van der Waals surface area contributed by atoms with Gasteiger partial charge in [0, 0.05) is 12.6 Å². The molecule has 2 N–H and O–H groups in total. The highest BCUT2D eigenvalue weighted by atomic mass is 19.3. The summed E-state index contributed by atoms with van der Waals surface area (Å²) < 4.78 is 24.4. The van der Waals surface area contributed by atoms with Crippen molar-refractivity contribution in [2.75, 3.05) is 13.1 Å². The molecule has 1 heterocycles. The van der Waals surface area contributed by atoms with Crippen LogP contribution in [0.25, 0.3) is 0 Å². The van der Waals surface area contributed by atoms with E-state index in [1.165, 1.54) is 4.90 Å². The third kappa shape index (κ3) is 3.35. The number of piperidine rings is 1. The molecule has 4 nitrogen and oxygen atoms in total. The van der Waals surface area contributed by atoms with Gasteiger partial charge in [0.15, 0.2) is 0 Å². The molecule has 1 aliphatic heterocycles. The summed E-state index contributed by atoms with van der Waals surface area (Å²) in [5.74, 6) is -0.150. The second-order valence-corrected chi connectivity index (χ2v) is 4.82. The van der Waals surface area contributed by atoms with E-state index in [4.69, 9.17) is 5.11 Å². The summed E-state index contributed by atoms with van der Waals surface area (Å²) in [4.78, 5) is 13.3. The molecular weight excluding hydrogens is 230 g/mol. The molecule has 2 rings (SSSR count). The van der Waals surface area contributed by atoms with Gasteiger partial charge in [0.25, 0.3) is 6.43 Å². The molecule has 6 heteroatoms. The molecule has 98 valence electrons. The number of halogens is 2. The average Bonchev–Trinajstić information content (AvgIpc) is 3.07. The van der Waals surface area contributed by atoms with Crippen molar-refractivity contribution < 1.29 is 18.7 Å². The zero-order chi connectivity index (χ0) is 12.4. The maximum atomic E-state index is 12.2. The summed E-state index contributed by atoms with van der Waals surface area (Å²) >= 11 is 0. The first-order valence-corrected chi connectivity index (χ1v) is 6.09. The number of β-amino-alcohol motifs (C(OH)–C–C–N with tert-alkyl or cyclic N) is 1. The predicted octanol–water partition coefficient (Wildman–Crippen LogP) is 0.355. The number of carbonyl (C=O) groups is 1. The molecule has 0 radical (unpaired) electrons. The van der Waals surface area contributed by atoms with E-state index in [-0.39, 0.29) is 18.5 Å². The Morgan fingerprint density at radius 3 is 2.71 bits per heavy atom. The molecule has 0 bridgehead atoms. The number of carbonyl (C=O) groups excluding carboxylic acids is 1. The lowest BCUT2D eigenvalue weighted by molar-refractivity contribution is -0.139. The van der Waals surface area contributed by atoms with Crippen molar-refractivity contribution in [3.63, 3.8) is 0 Å². The Labute approximate surface area is 99.0 Å². The van der Waals surface area contributed by atoms with Crippen molar-refractivity contribution in [1.82, 2.24) is 10.2 Å². The fraction of sp³-hybridized carbons (Fsp3) is 0.909. The summed E-state index contributed by atoms with van der Waals surface area (Å²) in [6, 6.07) is 0.171. The van der Waals surface area contributed by atoms with E-state index in [2.05, 4.69) is 5.32 Å². The number of nitrogens with zero attached hydrogens (tertiary/aromatic N) is 1. The third-order valence-electron chi connectivity index (χ3n) is 3.24. The summed E-state index contributed by atoms with van der Waals surface area (Å²) in [6.07, 6.45) is -0.798. The molecule has 1 saturated carbocycles. The summed E-state index contributed by atoms with van der Waals surface area (Å²) in [6.45, 7) is 0.199. The summed E-state index contributed by atoms with van der Waals surface area (Å²) in [5.41, 5.74) is 0. The number of hydrogen-bond acceptors (Lipinski definition) is 3. The maximum Gasteiger partial charge on any atom is 0.265 e. The van der Waals surface area contributed by atoms with Gasteiger partial charge in [0.05, 0.1) is 12.6 Å².